The van der Waals surface area contributed by atoms with Gasteiger partial charge < -0.3 is 16.0 Å². The first-order valence-corrected chi connectivity index (χ1v) is 15.4. The van der Waals surface area contributed by atoms with Gasteiger partial charge in [-0.15, -0.1) is 0 Å². The molecule has 7 nitrogen and oxygen atoms in total. The summed E-state index contributed by atoms with van der Waals surface area (Å²) in [5.74, 6) is -1.28. The topological polar surface area (TPSA) is 96.0 Å². The van der Waals surface area contributed by atoms with Crippen molar-refractivity contribution in [2.75, 3.05) is 6.54 Å². The number of Topliss-reactive ketones (excluding diaryl/α,β-unsaturated/α-hetero) is 1. The average Bonchev–Trinajstić information content (AvgIpc) is 3.10. The number of ketones is 1. The molecule has 0 aliphatic carbocycles. The number of rotatable bonds is 16. The smallest absolute Gasteiger partial charge is 0.231 e. The van der Waals surface area contributed by atoms with Crippen molar-refractivity contribution >= 4 is 11.7 Å². The molecule has 0 fully saturated rings. The van der Waals surface area contributed by atoms with E-state index >= 15 is 0 Å². The number of amides is 1. The number of aromatic nitrogens is 2. The summed E-state index contributed by atoms with van der Waals surface area (Å²) < 4.78 is 0. The minimum Gasteiger partial charge on any atom is -0.345 e. The summed E-state index contributed by atoms with van der Waals surface area (Å²) in [7, 11) is 0. The van der Waals surface area contributed by atoms with Crippen LogP contribution in [0.1, 0.15) is 57.3 Å². The van der Waals surface area contributed by atoms with Gasteiger partial charge in [0.1, 0.15) is 5.92 Å². The van der Waals surface area contributed by atoms with Crippen LogP contribution in [0.4, 0.5) is 0 Å². The Bertz CT molecular complexity index is 1560. The molecule has 5 aromatic rings. The summed E-state index contributed by atoms with van der Waals surface area (Å²) >= 11 is 0. The van der Waals surface area contributed by atoms with Crippen LogP contribution in [0, 0.1) is 5.92 Å². The standard InChI is InChI=1S/C38H39N5O2/c44-37(32-21-19-29(20-22-32)26-40-28-34-17-8-10-25-42-34)35(18-11-23-39-27-33-16-7-9-24-41-33)38(45)43-36(30-12-3-1-4-13-30)31-14-5-2-6-15-31/h1-10,12-17,19-22,24-25,35-36,39-40H,11,18,23,26-28H2,(H,43,45). The summed E-state index contributed by atoms with van der Waals surface area (Å²) in [6, 6.07) is 38.6. The molecular formula is C38H39N5O2. The fourth-order valence-electron chi connectivity index (χ4n) is 5.25. The zero-order chi connectivity index (χ0) is 31.1. The van der Waals surface area contributed by atoms with Crippen molar-refractivity contribution in [1.82, 2.24) is 25.9 Å². The fourth-order valence-corrected chi connectivity index (χ4v) is 5.25. The monoisotopic (exact) mass is 597 g/mol. The van der Waals surface area contributed by atoms with E-state index in [1.54, 1.807) is 12.4 Å². The van der Waals surface area contributed by atoms with Crippen molar-refractivity contribution in [1.29, 1.82) is 0 Å². The molecule has 2 aromatic heterocycles. The third-order valence-electron chi connectivity index (χ3n) is 7.66. The maximum absolute atomic E-state index is 14.0. The van der Waals surface area contributed by atoms with Crippen LogP contribution in [-0.4, -0.2) is 28.2 Å². The molecule has 0 aliphatic rings. The Morgan fingerprint density at radius 2 is 1.16 bits per heavy atom. The lowest BCUT2D eigenvalue weighted by Crippen LogP contribution is -2.38. The number of carbonyl (C=O) groups excluding carboxylic acids is 2. The van der Waals surface area contributed by atoms with Crippen LogP contribution in [0.2, 0.25) is 0 Å². The molecule has 0 saturated heterocycles. The largest absolute Gasteiger partial charge is 0.345 e. The van der Waals surface area contributed by atoms with E-state index < -0.39 is 5.92 Å². The first-order chi connectivity index (χ1) is 22.2. The molecule has 0 aliphatic heterocycles. The van der Waals surface area contributed by atoms with Gasteiger partial charge in [0, 0.05) is 37.6 Å². The SMILES string of the molecule is O=C(NC(c1ccccc1)c1ccccc1)C(CCCNCc1ccccn1)C(=O)c1ccc(CNCc2ccccn2)cc1. The van der Waals surface area contributed by atoms with Gasteiger partial charge in [-0.3, -0.25) is 19.6 Å². The number of nitrogens with zero attached hydrogens (tertiary/aromatic N) is 2. The highest BCUT2D eigenvalue weighted by Crippen LogP contribution is 2.24. The Morgan fingerprint density at radius 3 is 1.71 bits per heavy atom. The van der Waals surface area contributed by atoms with E-state index in [0.29, 0.717) is 44.6 Å². The summed E-state index contributed by atoms with van der Waals surface area (Å²) in [6.45, 7) is 2.59. The maximum Gasteiger partial charge on any atom is 0.231 e. The van der Waals surface area contributed by atoms with Crippen LogP contribution in [0.5, 0.6) is 0 Å². The molecule has 1 atom stereocenters. The first kappa shape index (κ1) is 31.4. The first-order valence-electron chi connectivity index (χ1n) is 15.4. The van der Waals surface area contributed by atoms with Crippen LogP contribution in [0.25, 0.3) is 0 Å². The molecule has 45 heavy (non-hydrogen) atoms. The maximum atomic E-state index is 14.0. The lowest BCUT2D eigenvalue weighted by molar-refractivity contribution is -0.124. The molecule has 1 unspecified atom stereocenters. The number of carbonyl (C=O) groups is 2. The molecule has 0 bridgehead atoms. The Balaban J connectivity index is 1.27. The second kappa shape index (κ2) is 16.8. The summed E-state index contributed by atoms with van der Waals surface area (Å²) in [4.78, 5) is 36.6. The molecule has 228 valence electrons. The predicted octanol–water partition coefficient (Wildman–Crippen LogP) is 6.04. The van der Waals surface area contributed by atoms with Gasteiger partial charge in [-0.05, 0) is 60.3 Å². The molecule has 0 saturated carbocycles. The number of nitrogens with one attached hydrogen (secondary N) is 3. The third-order valence-corrected chi connectivity index (χ3v) is 7.66. The molecule has 2 heterocycles. The minimum atomic E-state index is -0.829. The Hall–Kier alpha value is -4.98. The fraction of sp³-hybridized carbons (Fsp3) is 0.211. The van der Waals surface area contributed by atoms with Crippen LogP contribution in [0.3, 0.4) is 0 Å². The molecule has 7 heteroatoms. The van der Waals surface area contributed by atoms with E-state index in [2.05, 4.69) is 25.9 Å². The quantitative estimate of drug-likeness (QED) is 0.0729. The Kier molecular flexibility index (Phi) is 11.7. The van der Waals surface area contributed by atoms with Gasteiger partial charge in [-0.2, -0.15) is 0 Å². The molecule has 5 rings (SSSR count). The van der Waals surface area contributed by atoms with Gasteiger partial charge >= 0.3 is 0 Å². The predicted molar refractivity (Wildman–Crippen MR) is 177 cm³/mol. The summed E-state index contributed by atoms with van der Waals surface area (Å²) in [6.07, 6.45) is 4.63. The summed E-state index contributed by atoms with van der Waals surface area (Å²) in [5, 5.41) is 9.99. The van der Waals surface area contributed by atoms with Gasteiger partial charge in [0.05, 0.1) is 17.4 Å². The average molecular weight is 598 g/mol. The van der Waals surface area contributed by atoms with Crippen molar-refractivity contribution in [3.8, 4) is 0 Å². The molecular weight excluding hydrogens is 558 g/mol. The Labute approximate surface area is 265 Å². The molecule has 1 amide bonds. The van der Waals surface area contributed by atoms with Crippen LogP contribution >= 0.6 is 0 Å². The lowest BCUT2D eigenvalue weighted by atomic mass is 9.90. The highest BCUT2D eigenvalue weighted by atomic mass is 16.2. The van der Waals surface area contributed by atoms with E-state index in [0.717, 1.165) is 28.1 Å². The van der Waals surface area contributed by atoms with Crippen molar-refractivity contribution in [2.45, 2.75) is 38.5 Å². The molecule has 3 N–H and O–H groups in total. The summed E-state index contributed by atoms with van der Waals surface area (Å²) in [5.41, 5.74) is 5.42. The second-order valence-electron chi connectivity index (χ2n) is 10.9. The van der Waals surface area contributed by atoms with Crippen molar-refractivity contribution in [2.24, 2.45) is 5.92 Å². The van der Waals surface area contributed by atoms with E-state index in [1.165, 1.54) is 0 Å². The van der Waals surface area contributed by atoms with E-state index in [1.807, 2.05) is 121 Å². The Morgan fingerprint density at radius 1 is 0.600 bits per heavy atom. The zero-order valence-corrected chi connectivity index (χ0v) is 25.3. The number of benzene rings is 3. The van der Waals surface area contributed by atoms with Gasteiger partial charge in [0.25, 0.3) is 0 Å². The second-order valence-corrected chi connectivity index (χ2v) is 10.9. The van der Waals surface area contributed by atoms with Crippen LogP contribution in [0.15, 0.2) is 134 Å². The van der Waals surface area contributed by atoms with Crippen molar-refractivity contribution < 1.29 is 9.59 Å². The van der Waals surface area contributed by atoms with Gasteiger partial charge in [-0.1, -0.05) is 97.1 Å². The van der Waals surface area contributed by atoms with Gasteiger partial charge in [0.15, 0.2) is 5.78 Å². The van der Waals surface area contributed by atoms with Crippen molar-refractivity contribution in [3.05, 3.63) is 167 Å². The highest BCUT2D eigenvalue weighted by Gasteiger charge is 2.29. The third kappa shape index (κ3) is 9.50. The highest BCUT2D eigenvalue weighted by molar-refractivity contribution is 6.10. The van der Waals surface area contributed by atoms with E-state index in [9.17, 15) is 9.59 Å². The van der Waals surface area contributed by atoms with Crippen LogP contribution in [-0.2, 0) is 24.4 Å². The van der Waals surface area contributed by atoms with Crippen LogP contribution < -0.4 is 16.0 Å². The minimum absolute atomic E-state index is 0.176. The van der Waals surface area contributed by atoms with Crippen molar-refractivity contribution in [3.63, 3.8) is 0 Å². The molecule has 0 radical (unpaired) electrons. The number of hydrogen-bond acceptors (Lipinski definition) is 6. The zero-order valence-electron chi connectivity index (χ0n) is 25.3. The van der Waals surface area contributed by atoms with Gasteiger partial charge in [0.2, 0.25) is 5.91 Å². The molecule has 3 aromatic carbocycles. The van der Waals surface area contributed by atoms with E-state index in [-0.39, 0.29) is 17.7 Å². The number of hydrogen-bond donors (Lipinski definition) is 3. The van der Waals surface area contributed by atoms with E-state index in [4.69, 9.17) is 0 Å². The molecule has 0 spiro atoms. The lowest BCUT2D eigenvalue weighted by Gasteiger charge is -2.23. The normalized spacial score (nSPS) is 11.7. The number of pyridine rings is 2. The van der Waals surface area contributed by atoms with Gasteiger partial charge in [-0.25, -0.2) is 0 Å².